The Hall–Kier alpha value is -0.700. The minimum Gasteiger partial charge on any atom is -0.347 e. The summed E-state index contributed by atoms with van der Waals surface area (Å²) in [5.41, 5.74) is 0. The molecule has 1 aliphatic rings. The number of nitrogens with zero attached hydrogens (tertiary/aromatic N) is 3. The van der Waals surface area contributed by atoms with Gasteiger partial charge in [-0.25, -0.2) is 18.5 Å². The summed E-state index contributed by atoms with van der Waals surface area (Å²) in [6, 6.07) is 0. The van der Waals surface area contributed by atoms with Gasteiger partial charge in [-0.05, 0) is 25.9 Å². The third-order valence-electron chi connectivity index (χ3n) is 3.15. The van der Waals surface area contributed by atoms with Gasteiger partial charge in [-0.15, -0.1) is 0 Å². The molecule has 1 aliphatic heterocycles. The molecule has 19 heavy (non-hydrogen) atoms. The predicted molar refractivity (Wildman–Crippen MR) is 77.0 cm³/mol. The molecule has 0 unspecified atom stereocenters. The standard InChI is InChI=1S/C11H20N4O2S2/c1-2-4-14-5-3-6-15(8-7-14)11-13-9-10(18-11)19(12,16)17/h9H,2-8H2,1H3,(H2,12,16,17). The summed E-state index contributed by atoms with van der Waals surface area (Å²) in [4.78, 5) is 8.77. The Morgan fingerprint density at radius 1 is 1.37 bits per heavy atom. The average molecular weight is 304 g/mol. The Morgan fingerprint density at radius 3 is 2.79 bits per heavy atom. The Balaban J connectivity index is 2.04. The number of aromatic nitrogens is 1. The van der Waals surface area contributed by atoms with Crippen LogP contribution >= 0.6 is 11.3 Å². The molecule has 0 radical (unpaired) electrons. The van der Waals surface area contributed by atoms with Crippen molar-refractivity contribution in [2.45, 2.75) is 24.0 Å². The van der Waals surface area contributed by atoms with E-state index in [1.165, 1.54) is 6.20 Å². The highest BCUT2D eigenvalue weighted by atomic mass is 32.2. The molecule has 0 aliphatic carbocycles. The van der Waals surface area contributed by atoms with Crippen LogP contribution in [0.25, 0.3) is 0 Å². The number of thiazole rings is 1. The minimum absolute atomic E-state index is 0.136. The Bertz CT molecular complexity index is 515. The molecule has 0 atom stereocenters. The molecule has 2 heterocycles. The van der Waals surface area contributed by atoms with Crippen molar-refractivity contribution >= 4 is 26.5 Å². The van der Waals surface area contributed by atoms with E-state index >= 15 is 0 Å². The second kappa shape index (κ2) is 6.17. The maximum absolute atomic E-state index is 11.3. The van der Waals surface area contributed by atoms with Crippen molar-refractivity contribution in [3.05, 3.63) is 6.20 Å². The molecule has 8 heteroatoms. The van der Waals surface area contributed by atoms with E-state index in [9.17, 15) is 8.42 Å². The van der Waals surface area contributed by atoms with E-state index < -0.39 is 10.0 Å². The van der Waals surface area contributed by atoms with E-state index in [0.29, 0.717) is 0 Å². The molecule has 1 aromatic heterocycles. The molecule has 0 aromatic carbocycles. The number of hydrogen-bond acceptors (Lipinski definition) is 6. The molecule has 1 saturated heterocycles. The van der Waals surface area contributed by atoms with Gasteiger partial charge in [-0.2, -0.15) is 0 Å². The number of sulfonamides is 1. The molecule has 108 valence electrons. The van der Waals surface area contributed by atoms with Crippen LogP contribution < -0.4 is 10.0 Å². The number of primary sulfonamides is 1. The molecular weight excluding hydrogens is 284 g/mol. The fraction of sp³-hybridized carbons (Fsp3) is 0.727. The van der Waals surface area contributed by atoms with Crippen molar-refractivity contribution in [3.63, 3.8) is 0 Å². The predicted octanol–water partition coefficient (Wildman–Crippen LogP) is 0.713. The van der Waals surface area contributed by atoms with Crippen LogP contribution in [0.5, 0.6) is 0 Å². The summed E-state index contributed by atoms with van der Waals surface area (Å²) in [6.45, 7) is 7.20. The van der Waals surface area contributed by atoms with Crippen LogP contribution in [-0.2, 0) is 10.0 Å². The van der Waals surface area contributed by atoms with Crippen LogP contribution in [0, 0.1) is 0 Å². The lowest BCUT2D eigenvalue weighted by atomic mass is 10.3. The summed E-state index contributed by atoms with van der Waals surface area (Å²) >= 11 is 1.15. The fourth-order valence-electron chi connectivity index (χ4n) is 2.23. The molecule has 1 fully saturated rings. The Kier molecular flexibility index (Phi) is 4.77. The van der Waals surface area contributed by atoms with E-state index in [0.717, 1.165) is 62.0 Å². The first-order valence-corrected chi connectivity index (χ1v) is 8.83. The largest absolute Gasteiger partial charge is 0.347 e. The zero-order chi connectivity index (χ0) is 13.9. The molecule has 2 N–H and O–H groups in total. The maximum atomic E-state index is 11.3. The van der Waals surface area contributed by atoms with Crippen LogP contribution in [0.15, 0.2) is 10.4 Å². The molecule has 0 saturated carbocycles. The van der Waals surface area contributed by atoms with Gasteiger partial charge in [0.2, 0.25) is 10.0 Å². The second-order valence-corrected chi connectivity index (χ2v) is 7.49. The van der Waals surface area contributed by atoms with Crippen molar-refractivity contribution in [1.29, 1.82) is 0 Å². The Morgan fingerprint density at radius 2 is 2.16 bits per heavy atom. The first kappa shape index (κ1) is 14.7. The fourth-order valence-corrected chi connectivity index (χ4v) is 3.82. The minimum atomic E-state index is -3.63. The molecule has 0 spiro atoms. The smallest absolute Gasteiger partial charge is 0.249 e. The zero-order valence-corrected chi connectivity index (χ0v) is 12.7. The maximum Gasteiger partial charge on any atom is 0.249 e. The first-order chi connectivity index (χ1) is 9.00. The van der Waals surface area contributed by atoms with Crippen molar-refractivity contribution in [2.75, 3.05) is 37.6 Å². The van der Waals surface area contributed by atoms with Crippen LogP contribution in [0.4, 0.5) is 5.13 Å². The Labute approximate surface area is 118 Å². The van der Waals surface area contributed by atoms with Crippen LogP contribution in [0.1, 0.15) is 19.8 Å². The van der Waals surface area contributed by atoms with Gasteiger partial charge in [0.05, 0.1) is 6.20 Å². The highest BCUT2D eigenvalue weighted by Crippen LogP contribution is 2.26. The third kappa shape index (κ3) is 3.88. The molecule has 2 rings (SSSR count). The van der Waals surface area contributed by atoms with Gasteiger partial charge >= 0.3 is 0 Å². The van der Waals surface area contributed by atoms with Crippen LogP contribution in [0.3, 0.4) is 0 Å². The van der Waals surface area contributed by atoms with Gasteiger partial charge < -0.3 is 9.80 Å². The van der Waals surface area contributed by atoms with E-state index in [-0.39, 0.29) is 4.21 Å². The summed E-state index contributed by atoms with van der Waals surface area (Å²) in [7, 11) is -3.63. The van der Waals surface area contributed by atoms with Crippen molar-refractivity contribution < 1.29 is 8.42 Å². The molecule has 0 bridgehead atoms. The molecule has 6 nitrogen and oxygen atoms in total. The molecular formula is C11H20N4O2S2. The average Bonchev–Trinajstić information content (AvgIpc) is 2.72. The lowest BCUT2D eigenvalue weighted by molar-refractivity contribution is 0.294. The number of rotatable bonds is 4. The van der Waals surface area contributed by atoms with Gasteiger partial charge in [0, 0.05) is 19.6 Å². The third-order valence-corrected chi connectivity index (χ3v) is 5.62. The van der Waals surface area contributed by atoms with Crippen molar-refractivity contribution in [2.24, 2.45) is 5.14 Å². The van der Waals surface area contributed by atoms with E-state index in [4.69, 9.17) is 5.14 Å². The van der Waals surface area contributed by atoms with Gasteiger partial charge in [0.1, 0.15) is 0 Å². The quantitative estimate of drug-likeness (QED) is 0.886. The highest BCUT2D eigenvalue weighted by Gasteiger charge is 2.19. The topological polar surface area (TPSA) is 79.5 Å². The lowest BCUT2D eigenvalue weighted by Crippen LogP contribution is -2.31. The monoisotopic (exact) mass is 304 g/mol. The van der Waals surface area contributed by atoms with Gasteiger partial charge in [-0.3, -0.25) is 0 Å². The summed E-state index contributed by atoms with van der Waals surface area (Å²) in [6.07, 6.45) is 3.58. The normalized spacial score (nSPS) is 18.5. The van der Waals surface area contributed by atoms with Crippen molar-refractivity contribution in [3.8, 4) is 0 Å². The van der Waals surface area contributed by atoms with E-state index in [1.807, 2.05) is 0 Å². The van der Waals surface area contributed by atoms with Gasteiger partial charge in [0.25, 0.3) is 0 Å². The van der Waals surface area contributed by atoms with Crippen molar-refractivity contribution in [1.82, 2.24) is 9.88 Å². The van der Waals surface area contributed by atoms with E-state index in [1.54, 1.807) is 0 Å². The van der Waals surface area contributed by atoms with Crippen LogP contribution in [0.2, 0.25) is 0 Å². The lowest BCUT2D eigenvalue weighted by Gasteiger charge is -2.20. The number of nitrogens with two attached hydrogens (primary N) is 1. The second-order valence-electron chi connectivity index (χ2n) is 4.69. The van der Waals surface area contributed by atoms with E-state index in [2.05, 4.69) is 21.7 Å². The van der Waals surface area contributed by atoms with Gasteiger partial charge in [-0.1, -0.05) is 18.3 Å². The van der Waals surface area contributed by atoms with Gasteiger partial charge in [0.15, 0.2) is 9.34 Å². The number of anilines is 1. The van der Waals surface area contributed by atoms with Crippen LogP contribution in [-0.4, -0.2) is 51.0 Å². The highest BCUT2D eigenvalue weighted by molar-refractivity contribution is 7.91. The molecule has 0 amide bonds. The summed E-state index contributed by atoms with van der Waals surface area (Å²) in [5, 5.41) is 5.86. The zero-order valence-electron chi connectivity index (χ0n) is 11.1. The number of hydrogen-bond donors (Lipinski definition) is 1. The first-order valence-electron chi connectivity index (χ1n) is 6.46. The summed E-state index contributed by atoms with van der Waals surface area (Å²) < 4.78 is 22.6. The SMILES string of the molecule is CCCN1CCCN(c2ncc(S(N)(=O)=O)s2)CC1. The summed E-state index contributed by atoms with van der Waals surface area (Å²) in [5.74, 6) is 0. The molecule has 1 aromatic rings.